The Morgan fingerprint density at radius 3 is 2.48 bits per heavy atom. The number of para-hydroxylation sites is 1. The Balaban J connectivity index is 2.19. The largest absolute Gasteiger partial charge is 0.493 e. The summed E-state index contributed by atoms with van der Waals surface area (Å²) in [7, 11) is 4.30. The van der Waals surface area contributed by atoms with Gasteiger partial charge in [-0.15, -0.1) is 0 Å². The van der Waals surface area contributed by atoms with E-state index in [2.05, 4.69) is 73.6 Å². The molecule has 0 saturated heterocycles. The molecule has 0 N–H and O–H groups in total. The van der Waals surface area contributed by atoms with Crippen LogP contribution in [0.2, 0.25) is 0 Å². The van der Waals surface area contributed by atoms with Crippen molar-refractivity contribution in [2.24, 2.45) is 0 Å². The minimum absolute atomic E-state index is 0.0118. The molecule has 1 atom stereocenters. The fourth-order valence-corrected chi connectivity index (χ4v) is 3.53. The quantitative estimate of drug-likeness (QED) is 0.850. The molecule has 0 aliphatic carbocycles. The van der Waals surface area contributed by atoms with Crippen LogP contribution in [-0.4, -0.2) is 32.1 Å². The van der Waals surface area contributed by atoms with Gasteiger partial charge in [0.2, 0.25) is 0 Å². The summed E-state index contributed by atoms with van der Waals surface area (Å²) in [6.45, 7) is 1.80. The van der Waals surface area contributed by atoms with Crippen LogP contribution in [0.4, 0.5) is 0 Å². The summed E-state index contributed by atoms with van der Waals surface area (Å²) in [5.74, 6) is 1.04. The van der Waals surface area contributed by atoms with Gasteiger partial charge in [0.1, 0.15) is 5.75 Å². The molecule has 21 heavy (non-hydrogen) atoms. The van der Waals surface area contributed by atoms with E-state index in [1.54, 1.807) is 0 Å². The molecule has 110 valence electrons. The molecule has 1 heterocycles. The first-order valence-electron chi connectivity index (χ1n) is 7.65. The second-order valence-corrected chi connectivity index (χ2v) is 6.13. The van der Waals surface area contributed by atoms with E-state index < -0.39 is 0 Å². The first kappa shape index (κ1) is 14.2. The molecule has 1 unspecified atom stereocenters. The topological polar surface area (TPSA) is 12.5 Å². The van der Waals surface area contributed by atoms with E-state index in [4.69, 9.17) is 4.74 Å². The van der Waals surface area contributed by atoms with Crippen LogP contribution in [0, 0.1) is 0 Å². The normalized spacial score (nSPS) is 21.5. The molecular weight excluding hydrogens is 258 g/mol. The number of fused-ring (bicyclic) bond motifs is 1. The molecule has 1 aliphatic heterocycles. The van der Waals surface area contributed by atoms with Gasteiger partial charge in [-0.25, -0.2) is 0 Å². The maximum absolute atomic E-state index is 5.99. The Kier molecular flexibility index (Phi) is 3.98. The maximum atomic E-state index is 5.99. The van der Waals surface area contributed by atoms with Crippen LogP contribution in [0.1, 0.15) is 24.0 Å². The van der Waals surface area contributed by atoms with Crippen LogP contribution in [0.3, 0.4) is 0 Å². The number of likely N-dealkylation sites (N-methyl/N-ethyl adjacent to an activating group) is 1. The van der Waals surface area contributed by atoms with Crippen molar-refractivity contribution in [3.63, 3.8) is 0 Å². The second-order valence-electron chi connectivity index (χ2n) is 6.13. The van der Waals surface area contributed by atoms with Gasteiger partial charge in [-0.05, 0) is 38.6 Å². The van der Waals surface area contributed by atoms with Crippen LogP contribution in [0.25, 0.3) is 0 Å². The third-order valence-electron chi connectivity index (χ3n) is 4.32. The lowest BCUT2D eigenvalue weighted by atomic mass is 9.71. The highest BCUT2D eigenvalue weighted by Gasteiger charge is 2.38. The van der Waals surface area contributed by atoms with E-state index in [0.717, 1.165) is 31.7 Å². The Morgan fingerprint density at radius 1 is 1.00 bits per heavy atom. The third kappa shape index (κ3) is 2.68. The highest BCUT2D eigenvalue weighted by Crippen LogP contribution is 2.43. The Bertz CT molecular complexity index is 594. The van der Waals surface area contributed by atoms with Crippen molar-refractivity contribution in [3.8, 4) is 5.75 Å². The minimum Gasteiger partial charge on any atom is -0.493 e. The predicted molar refractivity (Wildman–Crippen MR) is 86.9 cm³/mol. The zero-order valence-electron chi connectivity index (χ0n) is 12.9. The SMILES string of the molecule is CN(C)CC1(c2ccccc2)CCCOc2ccccc21. The molecule has 0 bridgehead atoms. The molecule has 3 rings (SSSR count). The molecule has 0 fully saturated rings. The standard InChI is InChI=1S/C19H23NO/c1-20(2)15-19(16-9-4-3-5-10-16)13-8-14-21-18-12-7-6-11-17(18)19/h3-7,9-12H,8,13-15H2,1-2H3. The van der Waals surface area contributed by atoms with Gasteiger partial charge in [0, 0.05) is 17.5 Å². The summed E-state index contributed by atoms with van der Waals surface area (Å²) in [5, 5.41) is 0. The van der Waals surface area contributed by atoms with Gasteiger partial charge in [-0.1, -0.05) is 48.5 Å². The van der Waals surface area contributed by atoms with E-state index in [1.165, 1.54) is 11.1 Å². The van der Waals surface area contributed by atoms with Crippen molar-refractivity contribution in [1.82, 2.24) is 4.90 Å². The Morgan fingerprint density at radius 2 is 1.71 bits per heavy atom. The summed E-state index contributed by atoms with van der Waals surface area (Å²) in [6, 6.07) is 19.4. The van der Waals surface area contributed by atoms with Crippen molar-refractivity contribution in [1.29, 1.82) is 0 Å². The molecular formula is C19H23NO. The Labute approximate surface area is 127 Å². The van der Waals surface area contributed by atoms with E-state index >= 15 is 0 Å². The van der Waals surface area contributed by atoms with Gasteiger partial charge in [-0.2, -0.15) is 0 Å². The predicted octanol–water partition coefficient (Wildman–Crippen LogP) is 3.71. The van der Waals surface area contributed by atoms with Crippen molar-refractivity contribution < 1.29 is 4.74 Å². The smallest absolute Gasteiger partial charge is 0.123 e. The van der Waals surface area contributed by atoms with E-state index in [1.807, 2.05) is 0 Å². The molecule has 0 spiro atoms. The van der Waals surface area contributed by atoms with E-state index in [-0.39, 0.29) is 5.41 Å². The first-order valence-corrected chi connectivity index (χ1v) is 7.65. The van der Waals surface area contributed by atoms with Gasteiger partial charge in [-0.3, -0.25) is 0 Å². The number of nitrogens with zero attached hydrogens (tertiary/aromatic N) is 1. The average molecular weight is 281 g/mol. The van der Waals surface area contributed by atoms with Crippen LogP contribution in [0.15, 0.2) is 54.6 Å². The minimum atomic E-state index is 0.0118. The molecule has 2 heteroatoms. The summed E-state index contributed by atoms with van der Waals surface area (Å²) < 4.78 is 5.99. The van der Waals surface area contributed by atoms with Crippen LogP contribution >= 0.6 is 0 Å². The lowest BCUT2D eigenvalue weighted by molar-refractivity contribution is 0.291. The molecule has 1 aliphatic rings. The average Bonchev–Trinajstić information content (AvgIpc) is 2.69. The highest BCUT2D eigenvalue weighted by atomic mass is 16.5. The van der Waals surface area contributed by atoms with Gasteiger partial charge < -0.3 is 9.64 Å². The zero-order valence-corrected chi connectivity index (χ0v) is 12.9. The number of rotatable bonds is 3. The van der Waals surface area contributed by atoms with Gasteiger partial charge in [0.15, 0.2) is 0 Å². The van der Waals surface area contributed by atoms with Crippen molar-refractivity contribution in [3.05, 3.63) is 65.7 Å². The van der Waals surface area contributed by atoms with Crippen molar-refractivity contribution in [2.75, 3.05) is 27.2 Å². The molecule has 2 aromatic rings. The molecule has 2 aromatic carbocycles. The zero-order chi connectivity index (χ0) is 14.7. The number of benzene rings is 2. The van der Waals surface area contributed by atoms with Crippen LogP contribution < -0.4 is 4.74 Å². The monoisotopic (exact) mass is 281 g/mol. The van der Waals surface area contributed by atoms with Gasteiger partial charge in [0.05, 0.1) is 6.61 Å². The third-order valence-corrected chi connectivity index (χ3v) is 4.32. The van der Waals surface area contributed by atoms with Crippen molar-refractivity contribution >= 4 is 0 Å². The molecule has 0 saturated carbocycles. The summed E-state index contributed by atoms with van der Waals surface area (Å²) in [4.78, 5) is 2.29. The second kappa shape index (κ2) is 5.90. The van der Waals surface area contributed by atoms with Crippen LogP contribution in [-0.2, 0) is 5.41 Å². The Hall–Kier alpha value is -1.80. The lowest BCUT2D eigenvalue weighted by Gasteiger charge is -2.37. The maximum Gasteiger partial charge on any atom is 0.123 e. The highest BCUT2D eigenvalue weighted by molar-refractivity contribution is 5.48. The summed E-state index contributed by atoms with van der Waals surface area (Å²) in [6.07, 6.45) is 2.20. The first-order chi connectivity index (χ1) is 10.2. The number of ether oxygens (including phenoxy) is 1. The molecule has 2 nitrogen and oxygen atoms in total. The summed E-state index contributed by atoms with van der Waals surface area (Å²) >= 11 is 0. The number of hydrogen-bond donors (Lipinski definition) is 0. The fourth-order valence-electron chi connectivity index (χ4n) is 3.53. The van der Waals surface area contributed by atoms with Crippen LogP contribution in [0.5, 0.6) is 5.75 Å². The molecule has 0 radical (unpaired) electrons. The van der Waals surface area contributed by atoms with Gasteiger partial charge >= 0.3 is 0 Å². The lowest BCUT2D eigenvalue weighted by Crippen LogP contribution is -2.38. The van der Waals surface area contributed by atoms with Crippen molar-refractivity contribution in [2.45, 2.75) is 18.3 Å². The van der Waals surface area contributed by atoms with E-state index in [9.17, 15) is 0 Å². The van der Waals surface area contributed by atoms with Gasteiger partial charge in [0.25, 0.3) is 0 Å². The fraction of sp³-hybridized carbons (Fsp3) is 0.368. The molecule has 0 amide bonds. The molecule has 0 aromatic heterocycles. The summed E-state index contributed by atoms with van der Waals surface area (Å²) in [5.41, 5.74) is 2.72. The van der Waals surface area contributed by atoms with E-state index in [0.29, 0.717) is 0 Å². The number of hydrogen-bond acceptors (Lipinski definition) is 2.